The predicted molar refractivity (Wildman–Crippen MR) is 144 cm³/mol. The second kappa shape index (κ2) is 21.7. The van der Waals surface area contributed by atoms with Gasteiger partial charge >= 0.3 is 17.6 Å². The smallest absolute Gasteiger partial charge is 0.377 e. The van der Waals surface area contributed by atoms with Gasteiger partial charge in [0, 0.05) is 67.8 Å². The first-order valence-corrected chi connectivity index (χ1v) is 16.4. The number of rotatable bonds is 23. The Bertz CT molecular complexity index is 571. The Kier molecular flexibility index (Phi) is 20.8. The molecule has 0 aromatic rings. The molecule has 0 aromatic carbocycles. The minimum atomic E-state index is -2.57. The molecule has 2 amide bonds. The number of amides is 2. The maximum atomic E-state index is 11.9. The molecule has 0 atom stereocenters. The molecule has 0 aromatic heterocycles. The van der Waals surface area contributed by atoms with Gasteiger partial charge in [-0.1, -0.05) is 25.0 Å². The molecular weight excluding hydrogens is 500 g/mol. The molecule has 0 saturated carbocycles. The summed E-state index contributed by atoms with van der Waals surface area (Å²) < 4.78 is 32.2. The van der Waals surface area contributed by atoms with Crippen LogP contribution in [0.3, 0.4) is 0 Å². The van der Waals surface area contributed by atoms with Crippen molar-refractivity contribution in [2.45, 2.75) is 63.5 Å². The van der Waals surface area contributed by atoms with Gasteiger partial charge in [-0.3, -0.25) is 9.59 Å². The Morgan fingerprint density at radius 3 is 1.19 bits per heavy atom. The number of unbranched alkanes of at least 4 members (excludes halogenated alkanes) is 5. The largest absolute Gasteiger partial charge is 0.500 e. The van der Waals surface area contributed by atoms with E-state index in [4.69, 9.17) is 26.6 Å². The molecule has 0 aliphatic heterocycles. The molecule has 0 heterocycles. The molecule has 0 fully saturated rings. The van der Waals surface area contributed by atoms with Gasteiger partial charge in [-0.2, -0.15) is 0 Å². The van der Waals surface area contributed by atoms with Crippen LogP contribution in [-0.2, 0) is 36.1 Å². The lowest BCUT2D eigenvalue weighted by atomic mass is 10.1. The average Bonchev–Trinajstić information content (AvgIpc) is 2.90. The summed E-state index contributed by atoms with van der Waals surface area (Å²) in [5, 5.41) is 5.73. The zero-order chi connectivity index (χ0) is 27.1. The number of nitrogens with one attached hydrogen (secondary N) is 2. The first-order valence-electron chi connectivity index (χ1n) is 12.6. The van der Waals surface area contributed by atoms with Gasteiger partial charge in [0.05, 0.1) is 0 Å². The Morgan fingerprint density at radius 2 is 0.889 bits per heavy atom. The van der Waals surface area contributed by atoms with Gasteiger partial charge in [-0.25, -0.2) is 0 Å². The summed E-state index contributed by atoms with van der Waals surface area (Å²) in [5.41, 5.74) is 0. The van der Waals surface area contributed by atoms with Crippen molar-refractivity contribution in [2.75, 3.05) is 55.7 Å². The minimum absolute atomic E-state index is 0.0876. The van der Waals surface area contributed by atoms with Gasteiger partial charge in [0.1, 0.15) is 0 Å². The third kappa shape index (κ3) is 15.7. The van der Waals surface area contributed by atoms with E-state index in [0.717, 1.165) is 51.4 Å². The maximum absolute atomic E-state index is 11.9. The normalized spacial score (nSPS) is 12.5. The quantitative estimate of drug-likeness (QED) is 0.114. The third-order valence-electron chi connectivity index (χ3n) is 5.81. The van der Waals surface area contributed by atoms with Crippen LogP contribution in [0.4, 0.5) is 0 Å². The summed E-state index contributed by atoms with van der Waals surface area (Å²) >= 11 is 0. The zero-order valence-electron chi connectivity index (χ0n) is 23.1. The van der Waals surface area contributed by atoms with Gasteiger partial charge in [0.2, 0.25) is 11.8 Å². The van der Waals surface area contributed by atoms with Gasteiger partial charge in [0.25, 0.3) is 0 Å². The van der Waals surface area contributed by atoms with E-state index < -0.39 is 17.6 Å². The topological polar surface area (TPSA) is 114 Å². The molecule has 0 radical (unpaired) electrons. The number of carbonyl (C=O) groups excluding carboxylic acids is 2. The van der Waals surface area contributed by atoms with Gasteiger partial charge in [0.15, 0.2) is 0 Å². The lowest BCUT2D eigenvalue weighted by molar-refractivity contribution is -0.117. The van der Waals surface area contributed by atoms with E-state index in [-0.39, 0.29) is 11.8 Å². The fourth-order valence-corrected chi connectivity index (χ4v) is 6.97. The molecule has 0 spiro atoms. The van der Waals surface area contributed by atoms with E-state index in [9.17, 15) is 9.59 Å². The van der Waals surface area contributed by atoms with E-state index in [2.05, 4.69) is 10.6 Å². The van der Waals surface area contributed by atoms with Gasteiger partial charge < -0.3 is 37.2 Å². The highest BCUT2D eigenvalue weighted by Crippen LogP contribution is 2.15. The van der Waals surface area contributed by atoms with Gasteiger partial charge in [-0.05, 0) is 50.7 Å². The van der Waals surface area contributed by atoms with Crippen molar-refractivity contribution in [1.82, 2.24) is 10.6 Å². The maximum Gasteiger partial charge on any atom is 0.500 e. The fourth-order valence-electron chi connectivity index (χ4n) is 3.52. The van der Waals surface area contributed by atoms with Crippen molar-refractivity contribution in [1.29, 1.82) is 0 Å². The monoisotopic (exact) mass is 548 g/mol. The van der Waals surface area contributed by atoms with Crippen LogP contribution in [0.25, 0.3) is 0 Å². The molecular formula is C24H48N2O8Si2. The first kappa shape index (κ1) is 34.6. The Hall–Kier alpha value is -1.39. The van der Waals surface area contributed by atoms with Crippen molar-refractivity contribution >= 4 is 29.4 Å². The van der Waals surface area contributed by atoms with Crippen molar-refractivity contribution in [3.05, 3.63) is 24.3 Å². The fraction of sp³-hybridized carbons (Fsp3) is 0.750. The average molecular weight is 549 g/mol. The molecule has 0 saturated heterocycles. The Labute approximate surface area is 219 Å². The van der Waals surface area contributed by atoms with E-state index in [0.29, 0.717) is 25.2 Å². The van der Waals surface area contributed by atoms with Crippen LogP contribution < -0.4 is 10.6 Å². The number of hydrogen-bond donors (Lipinski definition) is 2. The SMILES string of the molecule is CO[Si](CCCNC(=O)C=CCCCCCCC=CC(=O)NCCC[Si](OC)(OC)OC)(OC)OC. The summed E-state index contributed by atoms with van der Waals surface area (Å²) in [4.78, 5) is 23.7. The minimum Gasteiger partial charge on any atom is -0.377 e. The van der Waals surface area contributed by atoms with Crippen molar-refractivity contribution in [3.8, 4) is 0 Å². The lowest BCUT2D eigenvalue weighted by Crippen LogP contribution is -2.43. The van der Waals surface area contributed by atoms with Crippen LogP contribution in [0.2, 0.25) is 12.1 Å². The van der Waals surface area contributed by atoms with E-state index in [1.54, 1.807) is 54.8 Å². The van der Waals surface area contributed by atoms with Crippen LogP contribution in [0, 0.1) is 0 Å². The molecule has 36 heavy (non-hydrogen) atoms. The van der Waals surface area contributed by atoms with Crippen LogP contribution in [0.1, 0.15) is 51.4 Å². The van der Waals surface area contributed by atoms with Crippen LogP contribution in [0.15, 0.2) is 24.3 Å². The number of carbonyl (C=O) groups is 2. The Morgan fingerprint density at radius 1 is 0.556 bits per heavy atom. The molecule has 0 aliphatic carbocycles. The molecule has 12 heteroatoms. The first-order chi connectivity index (χ1) is 17.4. The molecule has 0 bridgehead atoms. The molecule has 0 aliphatic rings. The summed E-state index contributed by atoms with van der Waals surface area (Å²) in [6.07, 6.45) is 14.5. The third-order valence-corrected chi connectivity index (χ3v) is 11.5. The second-order valence-electron chi connectivity index (χ2n) is 8.18. The highest BCUT2D eigenvalue weighted by atomic mass is 28.4. The summed E-state index contributed by atoms with van der Waals surface area (Å²) in [6, 6.07) is 1.31. The van der Waals surface area contributed by atoms with E-state index >= 15 is 0 Å². The number of allylic oxidation sites excluding steroid dienone is 2. The molecule has 210 valence electrons. The Balaban J connectivity index is 3.74. The second-order valence-corrected chi connectivity index (χ2v) is 14.4. The van der Waals surface area contributed by atoms with Crippen molar-refractivity contribution < 1.29 is 36.1 Å². The molecule has 10 nitrogen and oxygen atoms in total. The van der Waals surface area contributed by atoms with E-state index in [1.165, 1.54) is 0 Å². The predicted octanol–water partition coefficient (Wildman–Crippen LogP) is 3.21. The van der Waals surface area contributed by atoms with Crippen molar-refractivity contribution in [2.24, 2.45) is 0 Å². The lowest BCUT2D eigenvalue weighted by Gasteiger charge is -2.24. The summed E-state index contributed by atoms with van der Waals surface area (Å²) in [5.74, 6) is -0.175. The van der Waals surface area contributed by atoms with Crippen LogP contribution in [0.5, 0.6) is 0 Å². The molecule has 0 unspecified atom stereocenters. The standard InChI is InChI=1S/C24H48N2O8Si2/c1-29-35(30-2,31-3)21-15-19-25-23(27)17-13-11-9-7-8-10-12-14-18-24(28)26-20-16-22-36(32-4,33-5)34-6/h13-14,17-18H,7-12,15-16,19-22H2,1-6H3,(H,25,27)(H,26,28). The van der Waals surface area contributed by atoms with Crippen molar-refractivity contribution in [3.63, 3.8) is 0 Å². The highest BCUT2D eigenvalue weighted by molar-refractivity contribution is 6.60. The summed E-state index contributed by atoms with van der Waals surface area (Å²) in [7, 11) is 4.37. The zero-order valence-corrected chi connectivity index (χ0v) is 25.1. The number of hydrogen-bond acceptors (Lipinski definition) is 8. The highest BCUT2D eigenvalue weighted by Gasteiger charge is 2.37. The molecule has 2 N–H and O–H groups in total. The van der Waals surface area contributed by atoms with Crippen LogP contribution in [-0.4, -0.2) is 85.2 Å². The van der Waals surface area contributed by atoms with E-state index in [1.807, 2.05) is 12.2 Å². The summed E-state index contributed by atoms with van der Waals surface area (Å²) in [6.45, 7) is 1.11. The van der Waals surface area contributed by atoms with Crippen LogP contribution >= 0.6 is 0 Å². The molecule has 0 rings (SSSR count). The van der Waals surface area contributed by atoms with Gasteiger partial charge in [-0.15, -0.1) is 0 Å².